The second-order valence-corrected chi connectivity index (χ2v) is 14.9. The lowest BCUT2D eigenvalue weighted by Gasteiger charge is -2.37. The van der Waals surface area contributed by atoms with Crippen molar-refractivity contribution in [2.45, 2.75) is 98.4 Å². The first-order chi connectivity index (χ1) is 18.9. The van der Waals surface area contributed by atoms with Crippen LogP contribution in [0.5, 0.6) is 0 Å². The molecule has 0 bridgehead atoms. The SMILES string of the molecule is Cc1cc(=O)oc2c1ccc1oc(C3=CC(c4c(C(C)(C)C)cc(C(C)(C)C)cc4C(C)(C)C)NC(=S)N3)c(C)c12. The summed E-state index contributed by atoms with van der Waals surface area (Å²) in [7, 11) is 0. The summed E-state index contributed by atoms with van der Waals surface area (Å²) in [6.45, 7) is 24.4. The fourth-order valence-corrected chi connectivity index (χ4v) is 6.10. The van der Waals surface area contributed by atoms with Crippen LogP contribution >= 0.6 is 12.2 Å². The third-order valence-corrected chi connectivity index (χ3v) is 8.31. The molecule has 2 aromatic heterocycles. The molecule has 3 heterocycles. The first-order valence-electron chi connectivity index (χ1n) is 14.3. The fraction of sp³-hybridized carbons (Fsp3) is 0.429. The van der Waals surface area contributed by atoms with Gasteiger partial charge in [0.25, 0.3) is 0 Å². The molecule has 0 saturated heterocycles. The van der Waals surface area contributed by atoms with Crippen molar-refractivity contribution in [3.63, 3.8) is 0 Å². The van der Waals surface area contributed by atoms with E-state index >= 15 is 0 Å². The normalized spacial score (nSPS) is 16.6. The Hall–Kier alpha value is -3.38. The summed E-state index contributed by atoms with van der Waals surface area (Å²) in [6, 6.07) is 10.0. The van der Waals surface area contributed by atoms with Crippen LogP contribution in [-0.4, -0.2) is 5.11 Å². The maximum Gasteiger partial charge on any atom is 0.336 e. The average molecular weight is 571 g/mol. The monoisotopic (exact) mass is 570 g/mol. The van der Waals surface area contributed by atoms with Gasteiger partial charge in [-0.25, -0.2) is 4.79 Å². The molecule has 5 rings (SSSR count). The van der Waals surface area contributed by atoms with Crippen molar-refractivity contribution in [3.05, 3.63) is 86.0 Å². The molecule has 6 heteroatoms. The molecular formula is C35H42N2O3S. The zero-order valence-corrected chi connectivity index (χ0v) is 27.0. The second kappa shape index (κ2) is 9.59. The molecule has 0 saturated carbocycles. The van der Waals surface area contributed by atoms with Crippen LogP contribution in [0.25, 0.3) is 27.6 Å². The number of hydrogen-bond acceptors (Lipinski definition) is 4. The van der Waals surface area contributed by atoms with Gasteiger partial charge in [-0.2, -0.15) is 0 Å². The highest BCUT2D eigenvalue weighted by Gasteiger charge is 2.34. The van der Waals surface area contributed by atoms with E-state index in [0.717, 1.165) is 27.6 Å². The number of nitrogens with one attached hydrogen (secondary N) is 2. The Balaban J connectivity index is 1.77. The standard InChI is InChI=1S/C35H42N2O3S/c1-18-14-27(38)40-31-21(18)12-13-26-28(31)19(2)30(39-26)25-17-24(36-32(41)37-25)29-22(34(6,7)8)15-20(33(3,4)5)16-23(29)35(9,10)11/h12-17,24H,1-11H3,(H2,36,37,41). The average Bonchev–Trinajstić information content (AvgIpc) is 3.18. The summed E-state index contributed by atoms with van der Waals surface area (Å²) < 4.78 is 12.1. The van der Waals surface area contributed by atoms with Crippen LogP contribution in [0.1, 0.15) is 107 Å². The molecule has 2 N–H and O–H groups in total. The van der Waals surface area contributed by atoms with Crippen molar-refractivity contribution in [3.8, 4) is 0 Å². The minimum atomic E-state index is -0.367. The van der Waals surface area contributed by atoms with Gasteiger partial charge in [0.05, 0.1) is 17.1 Å². The van der Waals surface area contributed by atoms with Crippen LogP contribution < -0.4 is 16.3 Å². The summed E-state index contributed by atoms with van der Waals surface area (Å²) in [5.74, 6) is 0.687. The first kappa shape index (κ1) is 29.1. The molecule has 4 aromatic rings. The highest BCUT2D eigenvalue weighted by atomic mass is 32.1. The topological polar surface area (TPSA) is 67.4 Å². The van der Waals surface area contributed by atoms with Crippen molar-refractivity contribution < 1.29 is 8.83 Å². The van der Waals surface area contributed by atoms with E-state index < -0.39 is 0 Å². The van der Waals surface area contributed by atoms with E-state index in [-0.39, 0.29) is 27.9 Å². The lowest BCUT2D eigenvalue weighted by molar-refractivity contribution is 0.527. The van der Waals surface area contributed by atoms with E-state index in [0.29, 0.717) is 22.0 Å². The van der Waals surface area contributed by atoms with Crippen LogP contribution in [0.4, 0.5) is 0 Å². The number of furan rings is 1. The van der Waals surface area contributed by atoms with E-state index in [4.69, 9.17) is 21.1 Å². The van der Waals surface area contributed by atoms with Crippen LogP contribution in [0.3, 0.4) is 0 Å². The van der Waals surface area contributed by atoms with Crippen LogP contribution in [0.15, 0.2) is 50.0 Å². The number of fused-ring (bicyclic) bond motifs is 3. The maximum atomic E-state index is 12.3. The van der Waals surface area contributed by atoms with E-state index in [9.17, 15) is 4.79 Å². The molecule has 0 spiro atoms. The lowest BCUT2D eigenvalue weighted by Crippen LogP contribution is -2.42. The Morgan fingerprint density at radius 1 is 0.829 bits per heavy atom. The predicted molar refractivity (Wildman–Crippen MR) is 174 cm³/mol. The van der Waals surface area contributed by atoms with Crippen LogP contribution in [0.2, 0.25) is 0 Å². The molecule has 1 atom stereocenters. The molecule has 0 radical (unpaired) electrons. The summed E-state index contributed by atoms with van der Waals surface area (Å²) in [5.41, 5.74) is 8.44. The summed E-state index contributed by atoms with van der Waals surface area (Å²) in [4.78, 5) is 12.3. The van der Waals surface area contributed by atoms with Crippen molar-refractivity contribution in [2.24, 2.45) is 0 Å². The lowest BCUT2D eigenvalue weighted by atomic mass is 9.70. The molecule has 1 aliphatic heterocycles. The van der Waals surface area contributed by atoms with Gasteiger partial charge in [0, 0.05) is 17.0 Å². The van der Waals surface area contributed by atoms with Crippen molar-refractivity contribution in [1.29, 1.82) is 0 Å². The summed E-state index contributed by atoms with van der Waals surface area (Å²) in [6.07, 6.45) is 2.18. The Labute approximate surface area is 248 Å². The summed E-state index contributed by atoms with van der Waals surface area (Å²) >= 11 is 5.79. The van der Waals surface area contributed by atoms with E-state index in [2.05, 4.69) is 91.2 Å². The van der Waals surface area contributed by atoms with Gasteiger partial charge < -0.3 is 19.5 Å². The van der Waals surface area contributed by atoms with E-state index in [1.165, 1.54) is 28.3 Å². The molecule has 0 amide bonds. The van der Waals surface area contributed by atoms with Gasteiger partial charge >= 0.3 is 5.63 Å². The number of aryl methyl sites for hydroxylation is 2. The van der Waals surface area contributed by atoms with E-state index in [1.807, 2.05) is 26.0 Å². The zero-order valence-electron chi connectivity index (χ0n) is 26.2. The number of benzene rings is 2. The third-order valence-electron chi connectivity index (χ3n) is 8.09. The zero-order chi connectivity index (χ0) is 30.2. The van der Waals surface area contributed by atoms with Crippen LogP contribution in [0, 0.1) is 13.8 Å². The van der Waals surface area contributed by atoms with Crippen molar-refractivity contribution in [1.82, 2.24) is 10.6 Å². The first-order valence-corrected chi connectivity index (χ1v) is 14.7. The Morgan fingerprint density at radius 3 is 2.00 bits per heavy atom. The van der Waals surface area contributed by atoms with Crippen molar-refractivity contribution in [2.75, 3.05) is 0 Å². The number of rotatable bonds is 2. The maximum absolute atomic E-state index is 12.3. The van der Waals surface area contributed by atoms with Gasteiger partial charge in [-0.05, 0) is 88.3 Å². The molecule has 216 valence electrons. The molecule has 0 aliphatic carbocycles. The van der Waals surface area contributed by atoms with Gasteiger partial charge in [-0.1, -0.05) is 74.4 Å². The molecule has 2 aromatic carbocycles. The smallest absolute Gasteiger partial charge is 0.336 e. The predicted octanol–water partition coefficient (Wildman–Crippen LogP) is 8.61. The molecule has 41 heavy (non-hydrogen) atoms. The second-order valence-electron chi connectivity index (χ2n) is 14.5. The van der Waals surface area contributed by atoms with Gasteiger partial charge in [0.1, 0.15) is 11.2 Å². The Morgan fingerprint density at radius 2 is 1.44 bits per heavy atom. The molecule has 1 aliphatic rings. The van der Waals surface area contributed by atoms with Gasteiger partial charge in [0.15, 0.2) is 10.9 Å². The van der Waals surface area contributed by atoms with Gasteiger partial charge in [-0.15, -0.1) is 0 Å². The number of thiocarbonyl (C=S) groups is 1. The fourth-order valence-electron chi connectivity index (χ4n) is 5.86. The largest absolute Gasteiger partial charge is 0.454 e. The Kier molecular flexibility index (Phi) is 6.81. The highest BCUT2D eigenvalue weighted by Crippen LogP contribution is 2.43. The quantitative estimate of drug-likeness (QED) is 0.186. The van der Waals surface area contributed by atoms with E-state index in [1.54, 1.807) is 0 Å². The highest BCUT2D eigenvalue weighted by molar-refractivity contribution is 7.80. The molecule has 5 nitrogen and oxygen atoms in total. The van der Waals surface area contributed by atoms with Gasteiger partial charge in [-0.3, -0.25) is 0 Å². The van der Waals surface area contributed by atoms with Gasteiger partial charge in [0.2, 0.25) is 0 Å². The minimum absolute atomic E-state index is 0.0118. The minimum Gasteiger partial charge on any atom is -0.454 e. The summed E-state index contributed by atoms with van der Waals surface area (Å²) in [5, 5.41) is 9.16. The molecule has 0 fully saturated rings. The number of hydrogen-bond donors (Lipinski definition) is 2. The Bertz CT molecular complexity index is 1770. The molecular weight excluding hydrogens is 528 g/mol. The third kappa shape index (κ3) is 5.23. The van der Waals surface area contributed by atoms with Crippen molar-refractivity contribution >= 4 is 45.0 Å². The molecule has 1 unspecified atom stereocenters. The van der Waals surface area contributed by atoms with Crippen LogP contribution in [-0.2, 0) is 16.2 Å².